The highest BCUT2D eigenvalue weighted by Crippen LogP contribution is 2.28. The van der Waals surface area contributed by atoms with Crippen LogP contribution in [0.4, 0.5) is 5.69 Å². The molecule has 0 aliphatic carbocycles. The average Bonchev–Trinajstić information content (AvgIpc) is 2.78. The number of benzene rings is 2. The topological polar surface area (TPSA) is 135 Å². The molecule has 0 saturated carbocycles. The van der Waals surface area contributed by atoms with Gasteiger partial charge in [0.1, 0.15) is 5.88 Å². The Bertz CT molecular complexity index is 1200. The normalized spacial score (nSPS) is 12.9. The molecule has 3 rings (SSSR count). The van der Waals surface area contributed by atoms with Crippen molar-refractivity contribution in [1.29, 1.82) is 0 Å². The van der Waals surface area contributed by atoms with Crippen LogP contribution >= 0.6 is 0 Å². The van der Waals surface area contributed by atoms with Gasteiger partial charge in [-0.15, -0.1) is 0 Å². The van der Waals surface area contributed by atoms with Crippen LogP contribution in [0.1, 0.15) is 38.0 Å². The van der Waals surface area contributed by atoms with Crippen LogP contribution in [-0.4, -0.2) is 35.3 Å². The van der Waals surface area contributed by atoms with Crippen LogP contribution < -0.4 is 11.1 Å². The smallest absolute Gasteiger partial charge is 0.257 e. The van der Waals surface area contributed by atoms with Crippen LogP contribution in [0.3, 0.4) is 0 Å². The molecule has 168 valence electrons. The second-order valence-electron chi connectivity index (χ2n) is 8.38. The van der Waals surface area contributed by atoms with Gasteiger partial charge in [0.2, 0.25) is 15.0 Å². The summed E-state index contributed by atoms with van der Waals surface area (Å²) in [5.74, 6) is -1.31. The number of nitrogens with zero attached hydrogens (tertiary/aromatic N) is 2. The quantitative estimate of drug-likeness (QED) is 0.487. The van der Waals surface area contributed by atoms with E-state index in [-0.39, 0.29) is 11.1 Å². The second-order valence-corrected chi connectivity index (χ2v) is 10.3. The molecular formula is C23H26N4O4S. The van der Waals surface area contributed by atoms with Gasteiger partial charge in [-0.3, -0.25) is 4.79 Å². The lowest BCUT2D eigenvalue weighted by molar-refractivity contribution is -0.124. The molecule has 8 nitrogen and oxygen atoms in total. The number of aromatic nitrogens is 2. The monoisotopic (exact) mass is 454 g/mol. The summed E-state index contributed by atoms with van der Waals surface area (Å²) < 4.78 is 23.3. The molecular weight excluding hydrogens is 428 g/mol. The van der Waals surface area contributed by atoms with Crippen LogP contribution in [0.2, 0.25) is 0 Å². The first kappa shape index (κ1) is 23.5. The van der Waals surface area contributed by atoms with Gasteiger partial charge in [0.05, 0.1) is 18.1 Å². The number of rotatable bonds is 6. The van der Waals surface area contributed by atoms with E-state index >= 15 is 0 Å². The summed E-state index contributed by atoms with van der Waals surface area (Å²) in [5, 5.41) is 12.6. The maximum absolute atomic E-state index is 12.5. The molecule has 4 N–H and O–H groups in total. The zero-order valence-electron chi connectivity index (χ0n) is 18.1. The lowest BCUT2D eigenvalue weighted by Gasteiger charge is -2.19. The summed E-state index contributed by atoms with van der Waals surface area (Å²) >= 11 is 0. The third-order valence-corrected chi connectivity index (χ3v) is 6.13. The number of sulfone groups is 1. The Balaban J connectivity index is 1.75. The molecule has 1 heterocycles. The number of aliphatic hydroxyl groups excluding tert-OH is 1. The summed E-state index contributed by atoms with van der Waals surface area (Å²) in [5.41, 5.74) is 8.84. The second kappa shape index (κ2) is 9.15. The molecule has 1 aromatic heterocycles. The zero-order valence-corrected chi connectivity index (χ0v) is 18.9. The first-order valence-electron chi connectivity index (χ1n) is 9.96. The number of hydrogen-bond donors (Lipinski definition) is 3. The summed E-state index contributed by atoms with van der Waals surface area (Å²) in [4.78, 5) is 19.9. The van der Waals surface area contributed by atoms with E-state index in [1.165, 1.54) is 5.56 Å². The fourth-order valence-electron chi connectivity index (χ4n) is 3.03. The third-order valence-electron chi connectivity index (χ3n) is 4.93. The van der Waals surface area contributed by atoms with Gasteiger partial charge in [-0.1, -0.05) is 63.2 Å². The molecule has 0 saturated heterocycles. The molecule has 3 aromatic rings. The first-order chi connectivity index (χ1) is 15.0. The van der Waals surface area contributed by atoms with Gasteiger partial charge in [0.25, 0.3) is 5.91 Å². The highest BCUT2D eigenvalue weighted by molar-refractivity contribution is 7.91. The first-order valence-corrected chi connectivity index (χ1v) is 11.6. The maximum Gasteiger partial charge on any atom is 0.257 e. The lowest BCUT2D eigenvalue weighted by atomic mass is 9.86. The Kier molecular flexibility index (Phi) is 6.73. The minimum atomic E-state index is -3.75. The van der Waals surface area contributed by atoms with Crippen molar-refractivity contribution in [3.63, 3.8) is 0 Å². The molecule has 0 aliphatic heterocycles. The molecule has 1 amide bonds. The fraction of sp³-hybridized carbons (Fsp3) is 0.261. The van der Waals surface area contributed by atoms with Crippen molar-refractivity contribution in [2.24, 2.45) is 5.73 Å². The van der Waals surface area contributed by atoms with Crippen LogP contribution in [0.15, 0.2) is 66.1 Å². The van der Waals surface area contributed by atoms with Crippen molar-refractivity contribution in [3.8, 4) is 11.1 Å². The van der Waals surface area contributed by atoms with Gasteiger partial charge >= 0.3 is 0 Å². The molecule has 1 unspecified atom stereocenters. The minimum absolute atomic E-state index is 0.0467. The van der Waals surface area contributed by atoms with Gasteiger partial charge in [-0.2, -0.15) is 0 Å². The number of nitrogens with two attached hydrogens (primary N) is 1. The standard InChI is InChI=1S/C23H26N4O4S/c1-23(2,3)18-9-7-15(8-10-18)16-5-4-6-17(11-16)20(28)21(29)27-19-12-25-22(26-13-19)32(30,31)14-24/h4-13,20,28H,14,24H2,1-3H3,(H,27,29). The SMILES string of the molecule is CC(C)(C)c1ccc(-c2cccc(C(O)C(=O)Nc3cnc(S(=O)(=O)CN)nc3)c2)cc1. The van der Waals surface area contributed by atoms with Gasteiger partial charge < -0.3 is 16.2 Å². The predicted octanol–water partition coefficient (Wildman–Crippen LogP) is 2.80. The molecule has 0 aliphatic rings. The highest BCUT2D eigenvalue weighted by atomic mass is 32.2. The fourth-order valence-corrected chi connectivity index (χ4v) is 3.60. The lowest BCUT2D eigenvalue weighted by Crippen LogP contribution is -2.22. The Morgan fingerprint density at radius 2 is 1.69 bits per heavy atom. The number of carbonyl (C=O) groups is 1. The maximum atomic E-state index is 12.5. The van der Waals surface area contributed by atoms with Crippen LogP contribution in [0.5, 0.6) is 0 Å². The number of aliphatic hydroxyl groups is 1. The Labute approximate surface area is 187 Å². The Hall–Kier alpha value is -3.14. The zero-order chi connectivity index (χ0) is 23.5. The van der Waals surface area contributed by atoms with E-state index < -0.39 is 32.9 Å². The number of carbonyl (C=O) groups excluding carboxylic acids is 1. The number of amides is 1. The van der Waals surface area contributed by atoms with Crippen molar-refractivity contribution >= 4 is 21.4 Å². The van der Waals surface area contributed by atoms with Crippen molar-refractivity contribution < 1.29 is 18.3 Å². The van der Waals surface area contributed by atoms with Crippen LogP contribution in [0, 0.1) is 0 Å². The molecule has 2 aromatic carbocycles. The van der Waals surface area contributed by atoms with Gasteiger partial charge in [0.15, 0.2) is 6.10 Å². The summed E-state index contributed by atoms with van der Waals surface area (Å²) in [7, 11) is -3.75. The number of nitrogens with one attached hydrogen (secondary N) is 1. The van der Waals surface area contributed by atoms with Gasteiger partial charge in [0, 0.05) is 0 Å². The summed E-state index contributed by atoms with van der Waals surface area (Å²) in [6.45, 7) is 6.44. The molecule has 0 fully saturated rings. The van der Waals surface area contributed by atoms with E-state index in [2.05, 4.69) is 48.2 Å². The van der Waals surface area contributed by atoms with Crippen molar-refractivity contribution in [3.05, 3.63) is 72.1 Å². The Morgan fingerprint density at radius 3 is 2.25 bits per heavy atom. The van der Waals surface area contributed by atoms with Crippen molar-refractivity contribution in [2.45, 2.75) is 37.4 Å². The summed E-state index contributed by atoms with van der Waals surface area (Å²) in [6.07, 6.45) is 0.858. The molecule has 0 bridgehead atoms. The van der Waals surface area contributed by atoms with Gasteiger partial charge in [-0.25, -0.2) is 18.4 Å². The minimum Gasteiger partial charge on any atom is -0.378 e. The molecule has 0 radical (unpaired) electrons. The van der Waals surface area contributed by atoms with Crippen LogP contribution in [-0.2, 0) is 20.0 Å². The molecule has 9 heteroatoms. The number of hydrogen-bond acceptors (Lipinski definition) is 7. The summed E-state index contributed by atoms with van der Waals surface area (Å²) in [6, 6.07) is 15.3. The molecule has 1 atom stereocenters. The van der Waals surface area contributed by atoms with E-state index in [4.69, 9.17) is 5.73 Å². The van der Waals surface area contributed by atoms with Crippen molar-refractivity contribution in [1.82, 2.24) is 9.97 Å². The van der Waals surface area contributed by atoms with E-state index in [9.17, 15) is 18.3 Å². The molecule has 32 heavy (non-hydrogen) atoms. The van der Waals surface area contributed by atoms with Crippen LogP contribution in [0.25, 0.3) is 11.1 Å². The van der Waals surface area contributed by atoms with E-state index in [1.54, 1.807) is 18.2 Å². The van der Waals surface area contributed by atoms with Crippen molar-refractivity contribution in [2.75, 3.05) is 11.2 Å². The van der Waals surface area contributed by atoms with E-state index in [0.717, 1.165) is 23.5 Å². The van der Waals surface area contributed by atoms with Gasteiger partial charge in [-0.05, 0) is 33.7 Å². The van der Waals surface area contributed by atoms with E-state index in [0.29, 0.717) is 5.56 Å². The van der Waals surface area contributed by atoms with E-state index in [1.807, 2.05) is 18.2 Å². The average molecular weight is 455 g/mol. The third kappa shape index (κ3) is 5.37. The highest BCUT2D eigenvalue weighted by Gasteiger charge is 2.20. The largest absolute Gasteiger partial charge is 0.378 e. The predicted molar refractivity (Wildman–Crippen MR) is 122 cm³/mol. The Morgan fingerprint density at radius 1 is 1.06 bits per heavy atom. The number of anilines is 1. The molecule has 0 spiro atoms.